The van der Waals surface area contributed by atoms with Crippen LogP contribution in [0, 0.1) is 10.1 Å². The van der Waals surface area contributed by atoms with Gasteiger partial charge in [0.25, 0.3) is 0 Å². The molecule has 1 aliphatic heterocycles. The van der Waals surface area contributed by atoms with Gasteiger partial charge in [-0.3, -0.25) is 14.9 Å². The number of furan rings is 1. The molecule has 2 heterocycles. The molecule has 8 nitrogen and oxygen atoms in total. The van der Waals surface area contributed by atoms with Gasteiger partial charge in [0.1, 0.15) is 10.7 Å². The Morgan fingerprint density at radius 3 is 2.57 bits per heavy atom. The smallest absolute Gasteiger partial charge is 0.433 e. The van der Waals surface area contributed by atoms with Crippen LogP contribution in [0.5, 0.6) is 17.2 Å². The third-order valence-electron chi connectivity index (χ3n) is 3.25. The molecule has 0 bridgehead atoms. The second-order valence-electron chi connectivity index (χ2n) is 4.55. The van der Waals surface area contributed by atoms with Gasteiger partial charge in [-0.25, -0.2) is 0 Å². The second kappa shape index (κ2) is 5.48. The number of Topliss-reactive ketones (excluding diaryl/α,β-unsaturated/α-hetero) is 1. The van der Waals surface area contributed by atoms with Gasteiger partial charge in [-0.05, 0) is 18.2 Å². The highest BCUT2D eigenvalue weighted by atomic mass is 16.6. The first-order valence-corrected chi connectivity index (χ1v) is 6.48. The highest BCUT2D eigenvalue weighted by Gasteiger charge is 2.32. The minimum Gasteiger partial charge on any atom is -0.493 e. The van der Waals surface area contributed by atoms with Crippen LogP contribution in [0.3, 0.4) is 0 Å². The zero-order chi connectivity index (χ0) is 16.6. The molecule has 1 aliphatic rings. The van der Waals surface area contributed by atoms with Crippen molar-refractivity contribution in [3.05, 3.63) is 51.5 Å². The van der Waals surface area contributed by atoms with Gasteiger partial charge < -0.3 is 18.6 Å². The van der Waals surface area contributed by atoms with Crippen LogP contribution in [0.25, 0.3) is 6.08 Å². The molecule has 0 saturated carbocycles. The maximum Gasteiger partial charge on any atom is 0.433 e. The van der Waals surface area contributed by atoms with E-state index in [2.05, 4.69) is 0 Å². The number of ketones is 1. The highest BCUT2D eigenvalue weighted by Crippen LogP contribution is 2.45. The average molecular weight is 317 g/mol. The number of methoxy groups -OCH3 is 2. The zero-order valence-corrected chi connectivity index (χ0v) is 12.2. The maximum atomic E-state index is 12.3. The highest BCUT2D eigenvalue weighted by molar-refractivity contribution is 6.15. The Kier molecular flexibility index (Phi) is 3.49. The van der Waals surface area contributed by atoms with Gasteiger partial charge in [-0.2, -0.15) is 0 Å². The van der Waals surface area contributed by atoms with Gasteiger partial charge >= 0.3 is 5.88 Å². The van der Waals surface area contributed by atoms with Crippen molar-refractivity contribution in [3.8, 4) is 17.2 Å². The van der Waals surface area contributed by atoms with Crippen molar-refractivity contribution in [2.75, 3.05) is 14.2 Å². The number of hydrogen-bond acceptors (Lipinski definition) is 7. The second-order valence-corrected chi connectivity index (χ2v) is 4.55. The lowest BCUT2D eigenvalue weighted by molar-refractivity contribution is -0.402. The predicted octanol–water partition coefficient (Wildman–Crippen LogP) is 2.82. The molecule has 0 aliphatic carbocycles. The van der Waals surface area contributed by atoms with E-state index in [-0.39, 0.29) is 23.1 Å². The van der Waals surface area contributed by atoms with Crippen LogP contribution in [0.15, 0.2) is 34.4 Å². The first-order valence-electron chi connectivity index (χ1n) is 6.48. The van der Waals surface area contributed by atoms with Crippen LogP contribution in [0.1, 0.15) is 16.1 Å². The quantitative estimate of drug-likeness (QED) is 0.485. The normalized spacial score (nSPS) is 14.5. The Morgan fingerprint density at radius 2 is 1.96 bits per heavy atom. The molecule has 8 heteroatoms. The Labute approximate surface area is 130 Å². The zero-order valence-electron chi connectivity index (χ0n) is 12.2. The molecule has 118 valence electrons. The van der Waals surface area contributed by atoms with Gasteiger partial charge in [-0.15, -0.1) is 0 Å². The standard InChI is InChI=1S/C15H11NO7/c1-20-10-5-4-9-13(17)11(23-14(9)15(10)21-2)7-8-3-6-12(22-8)16(18)19/h3-7H,1-2H3/b11-7-. The van der Waals surface area contributed by atoms with Crippen LogP contribution >= 0.6 is 0 Å². The number of benzene rings is 1. The molecule has 1 aromatic carbocycles. The molecule has 3 rings (SSSR count). The Hall–Kier alpha value is -3.29. The predicted molar refractivity (Wildman–Crippen MR) is 77.8 cm³/mol. The van der Waals surface area contributed by atoms with Crippen LogP contribution in [-0.4, -0.2) is 24.9 Å². The lowest BCUT2D eigenvalue weighted by Gasteiger charge is -2.10. The molecule has 0 saturated heterocycles. The summed E-state index contributed by atoms with van der Waals surface area (Å²) in [6.07, 6.45) is 1.29. The first kappa shape index (κ1) is 14.6. The summed E-state index contributed by atoms with van der Waals surface area (Å²) in [7, 11) is 2.91. The number of nitro groups is 1. The number of carbonyl (C=O) groups excluding carboxylic acids is 1. The van der Waals surface area contributed by atoms with Gasteiger partial charge in [0, 0.05) is 6.08 Å². The third-order valence-corrected chi connectivity index (χ3v) is 3.25. The van der Waals surface area contributed by atoms with Crippen LogP contribution in [-0.2, 0) is 0 Å². The van der Waals surface area contributed by atoms with Gasteiger partial charge in [0.05, 0.1) is 25.8 Å². The largest absolute Gasteiger partial charge is 0.493 e. The summed E-state index contributed by atoms with van der Waals surface area (Å²) in [4.78, 5) is 22.3. The van der Waals surface area contributed by atoms with E-state index in [1.807, 2.05) is 0 Å². The summed E-state index contributed by atoms with van der Waals surface area (Å²) in [5, 5.41) is 10.6. The summed E-state index contributed by atoms with van der Waals surface area (Å²) in [5.74, 6) is 0.291. The van der Waals surface area contributed by atoms with Crippen molar-refractivity contribution in [1.29, 1.82) is 0 Å². The van der Waals surface area contributed by atoms with Crippen LogP contribution < -0.4 is 14.2 Å². The van der Waals surface area contributed by atoms with Crippen LogP contribution in [0.4, 0.5) is 5.88 Å². The molecule has 0 radical (unpaired) electrons. The number of rotatable bonds is 4. The minimum absolute atomic E-state index is 0.0178. The molecule has 23 heavy (non-hydrogen) atoms. The van der Waals surface area contributed by atoms with Gasteiger partial charge in [0.15, 0.2) is 17.3 Å². The van der Waals surface area contributed by atoms with Crippen LogP contribution in [0.2, 0.25) is 0 Å². The van der Waals surface area contributed by atoms with E-state index in [1.165, 1.54) is 32.4 Å². The van der Waals surface area contributed by atoms with Crippen molar-refractivity contribution in [2.24, 2.45) is 0 Å². The van der Waals surface area contributed by atoms with E-state index in [0.717, 1.165) is 0 Å². The Bertz CT molecular complexity index is 834. The summed E-state index contributed by atoms with van der Waals surface area (Å²) in [6.45, 7) is 0. The number of fused-ring (bicyclic) bond motifs is 1. The molecule has 2 aromatic rings. The summed E-state index contributed by atoms with van der Waals surface area (Å²) in [6, 6.07) is 5.73. The minimum atomic E-state index is -0.665. The topological polar surface area (TPSA) is 101 Å². The number of carbonyl (C=O) groups is 1. The fourth-order valence-corrected chi connectivity index (χ4v) is 2.21. The summed E-state index contributed by atoms with van der Waals surface area (Å²) in [5.41, 5.74) is 0.315. The van der Waals surface area contributed by atoms with Crippen molar-refractivity contribution < 1.29 is 28.3 Å². The maximum absolute atomic E-state index is 12.3. The number of ether oxygens (including phenoxy) is 3. The van der Waals surface area contributed by atoms with Gasteiger partial charge in [0.2, 0.25) is 11.5 Å². The molecule has 0 unspecified atom stereocenters. The van der Waals surface area contributed by atoms with E-state index in [4.69, 9.17) is 18.6 Å². The number of allylic oxidation sites excluding steroid dienone is 1. The molecular formula is C15H11NO7. The Morgan fingerprint density at radius 1 is 1.17 bits per heavy atom. The molecule has 0 spiro atoms. The average Bonchev–Trinajstić information content (AvgIpc) is 3.12. The van der Waals surface area contributed by atoms with Gasteiger partial charge in [-0.1, -0.05) is 0 Å². The molecule has 0 N–H and O–H groups in total. The fraction of sp³-hybridized carbons (Fsp3) is 0.133. The Balaban J connectivity index is 1.99. The fourth-order valence-electron chi connectivity index (χ4n) is 2.21. The van der Waals surface area contributed by atoms with E-state index < -0.39 is 10.8 Å². The monoisotopic (exact) mass is 317 g/mol. The van der Waals surface area contributed by atoms with E-state index in [1.54, 1.807) is 12.1 Å². The summed E-state index contributed by atoms with van der Waals surface area (Å²) >= 11 is 0. The third kappa shape index (κ3) is 2.39. The molecule has 1 aromatic heterocycles. The molecule has 0 fully saturated rings. The van der Waals surface area contributed by atoms with Crippen molar-refractivity contribution in [2.45, 2.75) is 0 Å². The van der Waals surface area contributed by atoms with E-state index >= 15 is 0 Å². The molecule has 0 atom stereocenters. The lowest BCUT2D eigenvalue weighted by Crippen LogP contribution is -1.97. The lowest BCUT2D eigenvalue weighted by atomic mass is 10.1. The van der Waals surface area contributed by atoms with E-state index in [0.29, 0.717) is 17.1 Å². The molecular weight excluding hydrogens is 306 g/mol. The number of hydrogen-bond donors (Lipinski definition) is 0. The SMILES string of the molecule is COc1ccc2c(c1OC)O/C(=C\c1ccc([N+](=O)[O-])o1)C2=O. The van der Waals surface area contributed by atoms with E-state index in [9.17, 15) is 14.9 Å². The van der Waals surface area contributed by atoms with Crippen molar-refractivity contribution >= 4 is 17.7 Å². The van der Waals surface area contributed by atoms with Crippen molar-refractivity contribution in [3.63, 3.8) is 0 Å². The molecule has 0 amide bonds. The first-order chi connectivity index (χ1) is 11.0. The van der Waals surface area contributed by atoms with Crippen molar-refractivity contribution in [1.82, 2.24) is 0 Å². The summed E-state index contributed by atoms with van der Waals surface area (Å²) < 4.78 is 20.9. The number of nitrogens with zero attached hydrogens (tertiary/aromatic N) is 1.